The van der Waals surface area contributed by atoms with E-state index in [0.717, 1.165) is 11.1 Å². The number of hydrogen-bond acceptors (Lipinski definition) is 8. The van der Waals surface area contributed by atoms with Gasteiger partial charge in [-0.1, -0.05) is 12.1 Å². The van der Waals surface area contributed by atoms with E-state index < -0.39 is 29.4 Å². The molecule has 1 saturated heterocycles. The van der Waals surface area contributed by atoms with Crippen LogP contribution in [-0.2, 0) is 14.2 Å². The molecule has 0 saturated carbocycles. The molecule has 10 nitrogen and oxygen atoms in total. The number of methoxy groups -OCH3 is 2. The van der Waals surface area contributed by atoms with E-state index in [-0.39, 0.29) is 12.0 Å². The molecule has 1 aromatic heterocycles. The van der Waals surface area contributed by atoms with Gasteiger partial charge in [-0.3, -0.25) is 4.57 Å². The van der Waals surface area contributed by atoms with E-state index in [1.54, 1.807) is 30.3 Å². The zero-order valence-electron chi connectivity index (χ0n) is 26.5. The molecule has 2 atom stereocenters. The number of rotatable bonds is 5. The van der Waals surface area contributed by atoms with Crippen molar-refractivity contribution in [2.24, 2.45) is 0 Å². The van der Waals surface area contributed by atoms with Gasteiger partial charge in [0.2, 0.25) is 0 Å². The van der Waals surface area contributed by atoms with Crippen LogP contribution in [0.4, 0.5) is 9.59 Å². The summed E-state index contributed by atoms with van der Waals surface area (Å²) in [6, 6.07) is 10.8. The Kier molecular flexibility index (Phi) is 8.99. The maximum Gasteiger partial charge on any atom is 0.419 e. The topological polar surface area (TPSA) is 106 Å². The fraction of sp³-hybridized carbons (Fsp3) is 0.485. The van der Waals surface area contributed by atoms with Crippen molar-refractivity contribution in [3.63, 3.8) is 0 Å². The third-order valence-electron chi connectivity index (χ3n) is 7.12. The number of carbonyl (C=O) groups excluding carboxylic acids is 3. The first-order chi connectivity index (χ1) is 20.1. The summed E-state index contributed by atoms with van der Waals surface area (Å²) in [5.41, 5.74) is 1.50. The SMILES string of the molecule is COC(=O)c1ccc([C@H]2CN(C(=O)OC(C)(C)C)CC[C@H]2Oc2c(OC)cc(C)c3c2ccn3C(=O)OC(C)(C)C)cc1. The van der Waals surface area contributed by atoms with E-state index in [1.807, 2.05) is 72.7 Å². The first-order valence-corrected chi connectivity index (χ1v) is 14.4. The number of hydrogen-bond donors (Lipinski definition) is 0. The molecule has 43 heavy (non-hydrogen) atoms. The van der Waals surface area contributed by atoms with Crippen molar-refractivity contribution in [1.82, 2.24) is 9.47 Å². The van der Waals surface area contributed by atoms with E-state index in [2.05, 4.69) is 0 Å². The van der Waals surface area contributed by atoms with Crippen molar-refractivity contribution in [1.29, 1.82) is 0 Å². The van der Waals surface area contributed by atoms with Crippen molar-refractivity contribution >= 4 is 29.1 Å². The van der Waals surface area contributed by atoms with Crippen molar-refractivity contribution in [2.75, 3.05) is 27.3 Å². The van der Waals surface area contributed by atoms with Crippen LogP contribution in [-0.4, -0.2) is 72.2 Å². The Balaban J connectivity index is 1.73. The number of amides is 1. The van der Waals surface area contributed by atoms with E-state index in [0.29, 0.717) is 47.5 Å². The maximum absolute atomic E-state index is 13.1. The van der Waals surface area contributed by atoms with E-state index >= 15 is 0 Å². The molecule has 1 fully saturated rings. The Morgan fingerprint density at radius 1 is 0.884 bits per heavy atom. The molecule has 10 heteroatoms. The van der Waals surface area contributed by atoms with Crippen LogP contribution in [0.15, 0.2) is 42.6 Å². The average molecular weight is 595 g/mol. The van der Waals surface area contributed by atoms with Crippen molar-refractivity contribution < 1.29 is 38.1 Å². The van der Waals surface area contributed by atoms with Gasteiger partial charge in [0, 0.05) is 37.0 Å². The first kappa shape index (κ1) is 31.7. The number of benzene rings is 2. The second-order valence-electron chi connectivity index (χ2n) is 12.7. The molecule has 1 amide bonds. The highest BCUT2D eigenvalue weighted by Crippen LogP contribution is 2.42. The average Bonchev–Trinajstić information content (AvgIpc) is 3.39. The molecule has 232 valence electrons. The van der Waals surface area contributed by atoms with Crippen LogP contribution in [0.1, 0.15) is 75.4 Å². The summed E-state index contributed by atoms with van der Waals surface area (Å²) < 4.78 is 30.2. The quantitative estimate of drug-likeness (QED) is 0.237. The number of aromatic nitrogens is 1. The Bertz CT molecular complexity index is 1490. The minimum Gasteiger partial charge on any atom is -0.493 e. The number of piperidine rings is 1. The second kappa shape index (κ2) is 12.2. The summed E-state index contributed by atoms with van der Waals surface area (Å²) in [5.74, 6) is 0.334. The summed E-state index contributed by atoms with van der Waals surface area (Å²) in [4.78, 5) is 39.9. The van der Waals surface area contributed by atoms with Gasteiger partial charge in [-0.2, -0.15) is 0 Å². The Hall–Kier alpha value is -4.21. The van der Waals surface area contributed by atoms with Crippen molar-refractivity contribution in [3.8, 4) is 11.5 Å². The lowest BCUT2D eigenvalue weighted by Gasteiger charge is -2.39. The van der Waals surface area contributed by atoms with E-state index in [4.69, 9.17) is 23.7 Å². The van der Waals surface area contributed by atoms with Gasteiger partial charge in [0.05, 0.1) is 25.3 Å². The Morgan fingerprint density at radius 2 is 1.51 bits per heavy atom. The molecule has 0 bridgehead atoms. The number of nitrogens with zero attached hydrogens (tertiary/aromatic N) is 2. The van der Waals surface area contributed by atoms with Crippen LogP contribution < -0.4 is 9.47 Å². The van der Waals surface area contributed by atoms with Gasteiger partial charge in [0.25, 0.3) is 0 Å². The van der Waals surface area contributed by atoms with Gasteiger partial charge in [0.1, 0.15) is 17.3 Å². The highest BCUT2D eigenvalue weighted by atomic mass is 16.6. The normalized spacial score (nSPS) is 17.4. The molecule has 2 aromatic carbocycles. The fourth-order valence-corrected chi connectivity index (χ4v) is 5.24. The van der Waals surface area contributed by atoms with Crippen molar-refractivity contribution in [3.05, 3.63) is 59.3 Å². The molecule has 1 aliphatic rings. The van der Waals surface area contributed by atoms with E-state index in [9.17, 15) is 14.4 Å². The predicted octanol–water partition coefficient (Wildman–Crippen LogP) is 6.70. The maximum atomic E-state index is 13.1. The van der Waals surface area contributed by atoms with Gasteiger partial charge < -0.3 is 28.6 Å². The smallest absolute Gasteiger partial charge is 0.419 e. The molecule has 0 aliphatic carbocycles. The fourth-order valence-electron chi connectivity index (χ4n) is 5.24. The highest BCUT2D eigenvalue weighted by Gasteiger charge is 2.37. The zero-order valence-corrected chi connectivity index (χ0v) is 26.5. The van der Waals surface area contributed by atoms with Crippen LogP contribution in [0.2, 0.25) is 0 Å². The number of ether oxygens (including phenoxy) is 5. The van der Waals surface area contributed by atoms with Crippen LogP contribution in [0, 0.1) is 6.92 Å². The predicted molar refractivity (Wildman–Crippen MR) is 162 cm³/mol. The summed E-state index contributed by atoms with van der Waals surface area (Å²) >= 11 is 0. The minimum atomic E-state index is -0.661. The molecular weight excluding hydrogens is 552 g/mol. The number of carbonyl (C=O) groups is 3. The number of aryl methyl sites for hydroxylation is 1. The number of fused-ring (bicyclic) bond motifs is 1. The van der Waals surface area contributed by atoms with Crippen LogP contribution >= 0.6 is 0 Å². The molecule has 0 unspecified atom stereocenters. The molecule has 0 N–H and O–H groups in total. The Labute approximate surface area is 252 Å². The molecule has 4 rings (SSSR count). The highest BCUT2D eigenvalue weighted by molar-refractivity contribution is 5.97. The summed E-state index contributed by atoms with van der Waals surface area (Å²) in [6.45, 7) is 13.6. The lowest BCUT2D eigenvalue weighted by atomic mass is 9.87. The first-order valence-electron chi connectivity index (χ1n) is 14.4. The van der Waals surface area contributed by atoms with Gasteiger partial charge in [-0.15, -0.1) is 0 Å². The summed E-state index contributed by atoms with van der Waals surface area (Å²) in [7, 11) is 2.91. The molecular formula is C33H42N2O8. The third-order valence-corrected chi connectivity index (χ3v) is 7.12. The number of esters is 1. The number of likely N-dealkylation sites (tertiary alicyclic amines) is 1. The molecule has 2 heterocycles. The lowest BCUT2D eigenvalue weighted by Crippen LogP contribution is -2.48. The van der Waals surface area contributed by atoms with Gasteiger partial charge in [-0.05, 0) is 83.9 Å². The van der Waals surface area contributed by atoms with Crippen LogP contribution in [0.25, 0.3) is 10.9 Å². The lowest BCUT2D eigenvalue weighted by molar-refractivity contribution is 0.00757. The van der Waals surface area contributed by atoms with Crippen LogP contribution in [0.5, 0.6) is 11.5 Å². The molecule has 3 aromatic rings. The Morgan fingerprint density at radius 3 is 2.09 bits per heavy atom. The minimum absolute atomic E-state index is 0.262. The zero-order chi connectivity index (χ0) is 31.7. The van der Waals surface area contributed by atoms with E-state index in [1.165, 1.54) is 11.7 Å². The standard InChI is InChI=1S/C33H42N2O8/c1-20-18-26(39-8)28(23-14-17-35(27(20)23)31(38)43-33(5,6)7)41-25-15-16-34(30(37)42-32(2,3)4)19-24(25)21-10-12-22(13-11-21)29(36)40-9/h10-14,17-18,24-25H,15-16,19H2,1-9H3/t24-,25-/m1/s1. The second-order valence-corrected chi connectivity index (χ2v) is 12.7. The van der Waals surface area contributed by atoms with Crippen LogP contribution in [0.3, 0.4) is 0 Å². The van der Waals surface area contributed by atoms with Crippen molar-refractivity contribution in [2.45, 2.75) is 78.1 Å². The van der Waals surface area contributed by atoms with Gasteiger partial charge >= 0.3 is 18.2 Å². The van der Waals surface area contributed by atoms with Gasteiger partial charge in [-0.25, -0.2) is 14.4 Å². The van der Waals surface area contributed by atoms with Gasteiger partial charge in [0.15, 0.2) is 11.5 Å². The summed E-state index contributed by atoms with van der Waals surface area (Å²) in [6.07, 6.45) is 0.926. The molecule has 0 radical (unpaired) electrons. The molecule has 0 spiro atoms. The third kappa shape index (κ3) is 7.24. The molecule has 1 aliphatic heterocycles. The summed E-state index contributed by atoms with van der Waals surface area (Å²) in [5, 5.41) is 0.706. The largest absolute Gasteiger partial charge is 0.493 e. The monoisotopic (exact) mass is 594 g/mol.